The molecule has 0 aliphatic carbocycles. The smallest absolute Gasteiger partial charge is 0.195 e. The van der Waals surface area contributed by atoms with Crippen molar-refractivity contribution in [2.24, 2.45) is 0 Å². The van der Waals surface area contributed by atoms with E-state index in [4.69, 9.17) is 11.6 Å². The van der Waals surface area contributed by atoms with Gasteiger partial charge in [-0.2, -0.15) is 0 Å². The predicted octanol–water partition coefficient (Wildman–Crippen LogP) is 4.68. The summed E-state index contributed by atoms with van der Waals surface area (Å²) in [6.07, 6.45) is 0. The van der Waals surface area contributed by atoms with E-state index in [9.17, 15) is 13.2 Å². The highest BCUT2D eigenvalue weighted by Crippen LogP contribution is 2.28. The number of fused-ring (bicyclic) bond motifs is 1. The first-order valence-corrected chi connectivity index (χ1v) is 6.43. The van der Waals surface area contributed by atoms with Crippen molar-refractivity contribution in [1.29, 1.82) is 0 Å². The Bertz CT molecular complexity index is 865. The average Bonchev–Trinajstić information content (AvgIpc) is 2.45. The van der Waals surface area contributed by atoms with Gasteiger partial charge in [0.1, 0.15) is 5.15 Å². The number of nitrogens with zero attached hydrogens (tertiary/aromatic N) is 2. The first-order valence-electron chi connectivity index (χ1n) is 6.05. The molecule has 0 atom stereocenters. The van der Waals surface area contributed by atoms with E-state index in [1.165, 1.54) is 0 Å². The number of halogens is 4. The van der Waals surface area contributed by atoms with Crippen LogP contribution in [0.25, 0.3) is 22.3 Å². The van der Waals surface area contributed by atoms with Gasteiger partial charge in [0.25, 0.3) is 0 Å². The lowest BCUT2D eigenvalue weighted by Crippen LogP contribution is -1.98. The Hall–Kier alpha value is -2.14. The molecule has 3 rings (SSSR count). The van der Waals surface area contributed by atoms with Crippen molar-refractivity contribution >= 4 is 22.5 Å². The van der Waals surface area contributed by atoms with E-state index in [1.807, 2.05) is 13.0 Å². The van der Waals surface area contributed by atoms with Crippen molar-refractivity contribution < 1.29 is 13.2 Å². The maximum Gasteiger partial charge on any atom is 0.195 e. The third kappa shape index (κ3) is 2.34. The van der Waals surface area contributed by atoms with Gasteiger partial charge in [-0.05, 0) is 31.2 Å². The minimum Gasteiger partial charge on any atom is -0.228 e. The molecule has 0 radical (unpaired) electrons. The standard InChI is InChI=1S/C15H8ClF3N2/c1-7-2-5-11-9(6-7)14(16)21-15(20-11)8-3-4-10(17)13(19)12(8)18/h2-6H,1H3. The maximum absolute atomic E-state index is 13.8. The van der Waals surface area contributed by atoms with E-state index >= 15 is 0 Å². The fourth-order valence-corrected chi connectivity index (χ4v) is 2.26. The van der Waals surface area contributed by atoms with Crippen molar-refractivity contribution in [3.05, 3.63) is 58.5 Å². The van der Waals surface area contributed by atoms with E-state index in [0.717, 1.165) is 17.7 Å². The van der Waals surface area contributed by atoms with Crippen molar-refractivity contribution in [2.75, 3.05) is 0 Å². The van der Waals surface area contributed by atoms with E-state index in [0.29, 0.717) is 10.9 Å². The summed E-state index contributed by atoms with van der Waals surface area (Å²) < 4.78 is 40.1. The molecule has 3 aromatic rings. The normalized spacial score (nSPS) is 11.1. The lowest BCUT2D eigenvalue weighted by atomic mass is 10.1. The Balaban J connectivity index is 2.27. The minimum atomic E-state index is -1.56. The Kier molecular flexibility index (Phi) is 3.29. The topological polar surface area (TPSA) is 25.8 Å². The van der Waals surface area contributed by atoms with Crippen LogP contribution in [0.1, 0.15) is 5.56 Å². The summed E-state index contributed by atoms with van der Waals surface area (Å²) >= 11 is 6.07. The zero-order chi connectivity index (χ0) is 15.1. The zero-order valence-electron chi connectivity index (χ0n) is 10.8. The second-order valence-corrected chi connectivity index (χ2v) is 4.94. The molecular formula is C15H8ClF3N2. The second-order valence-electron chi connectivity index (χ2n) is 4.58. The molecule has 2 nitrogen and oxygen atoms in total. The van der Waals surface area contributed by atoms with Crippen LogP contribution in [-0.4, -0.2) is 9.97 Å². The molecule has 106 valence electrons. The predicted molar refractivity (Wildman–Crippen MR) is 74.6 cm³/mol. The van der Waals surface area contributed by atoms with Crippen LogP contribution >= 0.6 is 11.6 Å². The summed E-state index contributed by atoms with van der Waals surface area (Å²) in [5, 5.41) is 0.742. The highest BCUT2D eigenvalue weighted by Gasteiger charge is 2.18. The van der Waals surface area contributed by atoms with Crippen molar-refractivity contribution in [3.8, 4) is 11.4 Å². The first kappa shape index (κ1) is 13.8. The maximum atomic E-state index is 13.8. The minimum absolute atomic E-state index is 0.0900. The second kappa shape index (κ2) is 5.00. The number of rotatable bonds is 1. The molecule has 0 aliphatic rings. The number of aromatic nitrogens is 2. The molecule has 0 fully saturated rings. The van der Waals surface area contributed by atoms with Crippen molar-refractivity contribution in [1.82, 2.24) is 9.97 Å². The summed E-state index contributed by atoms with van der Waals surface area (Å²) in [6.45, 7) is 1.89. The van der Waals surface area contributed by atoms with Crippen LogP contribution in [0.3, 0.4) is 0 Å². The van der Waals surface area contributed by atoms with E-state index in [-0.39, 0.29) is 16.5 Å². The molecule has 0 amide bonds. The van der Waals surface area contributed by atoms with Crippen molar-refractivity contribution in [2.45, 2.75) is 6.92 Å². The number of hydrogen-bond donors (Lipinski definition) is 0. The molecule has 0 aliphatic heterocycles. The number of aryl methyl sites for hydroxylation is 1. The van der Waals surface area contributed by atoms with Gasteiger partial charge in [-0.3, -0.25) is 0 Å². The molecule has 0 spiro atoms. The molecule has 0 saturated carbocycles. The van der Waals surface area contributed by atoms with Crippen LogP contribution < -0.4 is 0 Å². The molecule has 1 heterocycles. The highest BCUT2D eigenvalue weighted by atomic mass is 35.5. The van der Waals surface area contributed by atoms with Gasteiger partial charge in [0.05, 0.1) is 11.1 Å². The molecule has 21 heavy (non-hydrogen) atoms. The summed E-state index contributed by atoms with van der Waals surface area (Å²) in [6, 6.07) is 7.23. The third-order valence-electron chi connectivity index (χ3n) is 3.08. The molecule has 0 saturated heterocycles. The summed E-state index contributed by atoms with van der Waals surface area (Å²) in [5.74, 6) is -4.25. The van der Waals surface area contributed by atoms with Crippen LogP contribution in [0.4, 0.5) is 13.2 Å². The fraction of sp³-hybridized carbons (Fsp3) is 0.0667. The highest BCUT2D eigenvalue weighted by molar-refractivity contribution is 6.34. The number of hydrogen-bond acceptors (Lipinski definition) is 2. The SMILES string of the molecule is Cc1ccc2nc(-c3ccc(F)c(F)c3F)nc(Cl)c2c1. The zero-order valence-corrected chi connectivity index (χ0v) is 11.5. The van der Waals surface area contributed by atoms with E-state index < -0.39 is 17.5 Å². The molecule has 0 bridgehead atoms. The van der Waals surface area contributed by atoms with Crippen LogP contribution in [0.15, 0.2) is 30.3 Å². The summed E-state index contributed by atoms with van der Waals surface area (Å²) in [4.78, 5) is 8.12. The lowest BCUT2D eigenvalue weighted by molar-refractivity contribution is 0.448. The monoisotopic (exact) mass is 308 g/mol. The Morgan fingerprint density at radius 3 is 2.48 bits per heavy atom. The average molecular weight is 309 g/mol. The van der Waals surface area contributed by atoms with Gasteiger partial charge in [0, 0.05) is 5.39 Å². The Morgan fingerprint density at radius 1 is 0.952 bits per heavy atom. The van der Waals surface area contributed by atoms with Gasteiger partial charge >= 0.3 is 0 Å². The molecule has 0 N–H and O–H groups in total. The lowest BCUT2D eigenvalue weighted by Gasteiger charge is -2.07. The summed E-state index contributed by atoms with van der Waals surface area (Å²) in [7, 11) is 0. The fourth-order valence-electron chi connectivity index (χ4n) is 2.02. The third-order valence-corrected chi connectivity index (χ3v) is 3.37. The quantitative estimate of drug-likeness (QED) is 0.482. The Morgan fingerprint density at radius 2 is 1.71 bits per heavy atom. The summed E-state index contributed by atoms with van der Waals surface area (Å²) in [5.41, 5.74) is 1.23. The molecule has 1 aromatic heterocycles. The van der Waals surface area contributed by atoms with E-state index in [1.54, 1.807) is 12.1 Å². The van der Waals surface area contributed by atoms with Gasteiger partial charge in [0.15, 0.2) is 23.3 Å². The largest absolute Gasteiger partial charge is 0.228 e. The Labute approximate surface area is 123 Å². The van der Waals surface area contributed by atoms with Crippen LogP contribution in [0.5, 0.6) is 0 Å². The first-order chi connectivity index (χ1) is 9.97. The molecular weight excluding hydrogens is 301 g/mol. The van der Waals surface area contributed by atoms with Crippen LogP contribution in [0.2, 0.25) is 5.15 Å². The van der Waals surface area contributed by atoms with Gasteiger partial charge in [-0.25, -0.2) is 23.1 Å². The van der Waals surface area contributed by atoms with Crippen LogP contribution in [-0.2, 0) is 0 Å². The van der Waals surface area contributed by atoms with Gasteiger partial charge in [0.2, 0.25) is 0 Å². The number of benzene rings is 2. The molecule has 2 aromatic carbocycles. The van der Waals surface area contributed by atoms with Crippen LogP contribution in [0, 0.1) is 24.4 Å². The van der Waals surface area contributed by atoms with E-state index in [2.05, 4.69) is 9.97 Å². The van der Waals surface area contributed by atoms with Gasteiger partial charge in [-0.1, -0.05) is 23.2 Å². The van der Waals surface area contributed by atoms with Crippen molar-refractivity contribution in [3.63, 3.8) is 0 Å². The van der Waals surface area contributed by atoms with Gasteiger partial charge in [-0.15, -0.1) is 0 Å². The molecule has 0 unspecified atom stereocenters. The molecule has 6 heteroatoms. The van der Waals surface area contributed by atoms with Gasteiger partial charge < -0.3 is 0 Å².